The predicted molar refractivity (Wildman–Crippen MR) is 295 cm³/mol. The molecule has 8 aromatic carbocycles. The molecule has 2 aromatic heterocycles. The van der Waals surface area contributed by atoms with E-state index in [1.165, 1.54) is 42.4 Å². The minimum Gasteiger partial charge on any atom is -0.507 e. The molecule has 10 aromatic rings. The number of rotatable bonds is 11. The predicted octanol–water partition coefficient (Wildman–Crippen LogP) is 17.3. The Balaban J connectivity index is 0.00000596. The van der Waals surface area contributed by atoms with E-state index in [1.54, 1.807) is 0 Å². The topological polar surface area (TPSA) is 50.9 Å². The van der Waals surface area contributed by atoms with Gasteiger partial charge in [-0.05, 0) is 98.7 Å². The molecule has 0 atom stereocenters. The summed E-state index contributed by atoms with van der Waals surface area (Å²) in [6.45, 7) is 11.2. The molecule has 360 valence electrons. The van der Waals surface area contributed by atoms with Crippen LogP contribution in [0.1, 0.15) is 82.6 Å². The van der Waals surface area contributed by atoms with Crippen LogP contribution in [0.25, 0.3) is 83.9 Å². The van der Waals surface area contributed by atoms with Crippen LogP contribution in [0.2, 0.25) is 0 Å². The van der Waals surface area contributed by atoms with Gasteiger partial charge in [0, 0.05) is 43.9 Å². The minimum absolute atomic E-state index is 0. The van der Waals surface area contributed by atoms with E-state index in [0.717, 1.165) is 84.5 Å². The number of pyridine rings is 1. The maximum absolute atomic E-state index is 11.9. The number of benzene rings is 8. The number of phenols is 1. The Bertz CT molecular complexity index is 3530. The molecule has 0 saturated heterocycles. The SMILES string of the molecule is CC(C)(C)c1ccc(O)c(-c2nc3c(-c4[c-]c(-c5cc(-c6cccc(C(C)(C)c7ccccc7)c6)ccn5)cc(-c5ccccc5)c4)cccc3n2-c2ccc(CC3CCCC3)cc2-c2ccccc2)c1.[Pt]. The van der Waals surface area contributed by atoms with Crippen molar-refractivity contribution >= 4 is 11.0 Å². The van der Waals surface area contributed by atoms with E-state index in [1.807, 2.05) is 18.3 Å². The Morgan fingerprint density at radius 2 is 1.19 bits per heavy atom. The Kier molecular flexibility index (Phi) is 13.6. The molecule has 1 N–H and O–H groups in total. The van der Waals surface area contributed by atoms with Gasteiger partial charge in [-0.3, -0.25) is 9.55 Å². The molecule has 1 aliphatic rings. The first-order valence-electron chi connectivity index (χ1n) is 25.3. The van der Waals surface area contributed by atoms with Crippen molar-refractivity contribution in [3.05, 3.63) is 229 Å². The average molecular weight is 1120 g/mol. The van der Waals surface area contributed by atoms with Gasteiger partial charge < -0.3 is 5.11 Å². The molecule has 0 radical (unpaired) electrons. The van der Waals surface area contributed by atoms with Crippen molar-refractivity contribution in [2.24, 2.45) is 5.92 Å². The second-order valence-corrected chi connectivity index (χ2v) is 21.1. The fraction of sp³-hybridized carbons (Fsp3) is 0.194. The monoisotopic (exact) mass is 1120 g/mol. The zero-order chi connectivity index (χ0) is 48.7. The number of nitrogens with zero attached hydrogens (tertiary/aromatic N) is 3. The summed E-state index contributed by atoms with van der Waals surface area (Å²) >= 11 is 0. The van der Waals surface area contributed by atoms with Gasteiger partial charge in [0.1, 0.15) is 11.6 Å². The molecular weight excluding hydrogens is 1060 g/mol. The maximum atomic E-state index is 11.9. The van der Waals surface area contributed by atoms with Crippen LogP contribution in [0.5, 0.6) is 5.75 Å². The summed E-state index contributed by atoms with van der Waals surface area (Å²) in [5.74, 6) is 1.58. The number of hydrogen-bond acceptors (Lipinski definition) is 3. The van der Waals surface area contributed by atoms with Crippen LogP contribution in [0.15, 0.2) is 200 Å². The molecular formula is C67H60N3OPt-. The summed E-state index contributed by atoms with van der Waals surface area (Å²) in [6.07, 6.45) is 8.20. The Hall–Kier alpha value is -7.13. The van der Waals surface area contributed by atoms with Crippen molar-refractivity contribution < 1.29 is 26.2 Å². The van der Waals surface area contributed by atoms with Crippen molar-refractivity contribution in [3.8, 4) is 78.6 Å². The average Bonchev–Trinajstić information content (AvgIpc) is 4.07. The maximum Gasteiger partial charge on any atom is 0.148 e. The van der Waals surface area contributed by atoms with Crippen LogP contribution in [-0.4, -0.2) is 19.6 Å². The normalized spacial score (nSPS) is 13.1. The largest absolute Gasteiger partial charge is 0.507 e. The van der Waals surface area contributed by atoms with Gasteiger partial charge in [-0.2, -0.15) is 0 Å². The fourth-order valence-corrected chi connectivity index (χ4v) is 10.7. The minimum atomic E-state index is -0.177. The van der Waals surface area contributed by atoms with E-state index in [4.69, 9.17) is 9.97 Å². The van der Waals surface area contributed by atoms with E-state index < -0.39 is 0 Å². The van der Waals surface area contributed by atoms with E-state index in [2.05, 4.69) is 227 Å². The van der Waals surface area contributed by atoms with Crippen LogP contribution in [0, 0.1) is 12.0 Å². The van der Waals surface area contributed by atoms with E-state index in [0.29, 0.717) is 17.3 Å². The molecule has 0 amide bonds. The zero-order valence-corrected chi connectivity index (χ0v) is 44.0. The second-order valence-electron chi connectivity index (χ2n) is 21.1. The van der Waals surface area contributed by atoms with Crippen LogP contribution < -0.4 is 0 Å². The van der Waals surface area contributed by atoms with Gasteiger partial charge in [0.2, 0.25) is 0 Å². The van der Waals surface area contributed by atoms with Gasteiger partial charge in [0.15, 0.2) is 0 Å². The number of hydrogen-bond donors (Lipinski definition) is 1. The van der Waals surface area contributed by atoms with E-state index in [9.17, 15) is 5.11 Å². The van der Waals surface area contributed by atoms with Gasteiger partial charge >= 0.3 is 0 Å². The van der Waals surface area contributed by atoms with Crippen molar-refractivity contribution in [1.29, 1.82) is 0 Å². The van der Waals surface area contributed by atoms with Gasteiger partial charge in [0.05, 0.1) is 22.3 Å². The van der Waals surface area contributed by atoms with Gasteiger partial charge in [-0.1, -0.05) is 223 Å². The smallest absolute Gasteiger partial charge is 0.148 e. The van der Waals surface area contributed by atoms with Crippen LogP contribution in [0.3, 0.4) is 0 Å². The third kappa shape index (κ3) is 9.66. The third-order valence-electron chi connectivity index (χ3n) is 14.9. The first-order valence-corrected chi connectivity index (χ1v) is 25.3. The summed E-state index contributed by atoms with van der Waals surface area (Å²) in [5.41, 5.74) is 18.4. The van der Waals surface area contributed by atoms with Crippen LogP contribution in [-0.2, 0) is 38.3 Å². The molecule has 1 aliphatic carbocycles. The molecule has 0 bridgehead atoms. The summed E-state index contributed by atoms with van der Waals surface area (Å²) < 4.78 is 2.28. The zero-order valence-electron chi connectivity index (χ0n) is 41.8. The molecule has 0 spiro atoms. The number of para-hydroxylation sites is 1. The molecule has 0 aliphatic heterocycles. The molecule has 1 fully saturated rings. The Morgan fingerprint density at radius 3 is 1.93 bits per heavy atom. The molecule has 2 heterocycles. The van der Waals surface area contributed by atoms with E-state index in [-0.39, 0.29) is 37.6 Å². The van der Waals surface area contributed by atoms with Crippen LogP contribution in [0.4, 0.5) is 0 Å². The summed E-state index contributed by atoms with van der Waals surface area (Å²) in [6, 6.07) is 73.0. The number of aromatic nitrogens is 3. The molecule has 0 unspecified atom stereocenters. The Morgan fingerprint density at radius 1 is 0.542 bits per heavy atom. The molecule has 4 nitrogen and oxygen atoms in total. The number of aromatic hydroxyl groups is 1. The van der Waals surface area contributed by atoms with Gasteiger partial charge in [-0.15, -0.1) is 23.8 Å². The quantitative estimate of drug-likeness (QED) is 0.131. The first-order chi connectivity index (χ1) is 34.5. The van der Waals surface area contributed by atoms with Crippen molar-refractivity contribution in [2.45, 2.75) is 77.6 Å². The number of fused-ring (bicyclic) bond motifs is 1. The molecule has 1 saturated carbocycles. The van der Waals surface area contributed by atoms with Gasteiger partial charge in [0.25, 0.3) is 0 Å². The molecule has 11 rings (SSSR count). The molecule has 5 heteroatoms. The number of phenolic OH excluding ortho intramolecular Hbond substituents is 1. The fourth-order valence-electron chi connectivity index (χ4n) is 10.7. The first kappa shape index (κ1) is 48.5. The summed E-state index contributed by atoms with van der Waals surface area (Å²) in [4.78, 5) is 10.7. The van der Waals surface area contributed by atoms with Crippen LogP contribution >= 0.6 is 0 Å². The van der Waals surface area contributed by atoms with Crippen molar-refractivity contribution in [2.75, 3.05) is 0 Å². The third-order valence-corrected chi connectivity index (χ3v) is 14.9. The second kappa shape index (κ2) is 20.2. The van der Waals surface area contributed by atoms with Crippen molar-refractivity contribution in [1.82, 2.24) is 14.5 Å². The van der Waals surface area contributed by atoms with E-state index >= 15 is 0 Å². The Labute approximate surface area is 439 Å². The summed E-state index contributed by atoms with van der Waals surface area (Å²) in [5, 5.41) is 11.9. The molecule has 72 heavy (non-hydrogen) atoms. The number of imidazole rings is 1. The van der Waals surface area contributed by atoms with Crippen molar-refractivity contribution in [3.63, 3.8) is 0 Å². The summed E-state index contributed by atoms with van der Waals surface area (Å²) in [7, 11) is 0. The standard InChI is InChI=1S/C67H60N3O.Pt/c1-66(2,3)55-32-34-63(71)59(44-55)65-69-64-57(29-18-30-62(64)70(65)61-33-31-46(37-45-19-15-16-20-45)38-58(61)48-23-11-7-12-24-48)52-39-51(47-21-9-6-10-22-47)40-53(41-52)60-43-50(35-36-68-60)49-25-17-28-56(42-49)67(4,5)54-26-13-8-14-27-54;/h6-14,17-18,21-36,38-40,42-45,71H,15-16,19-20,37H2,1-5H3;/q-1;. The van der Waals surface area contributed by atoms with Gasteiger partial charge in [-0.25, -0.2) is 4.98 Å².